The fraction of sp³-hybridized carbons (Fsp3) is 0.389. The molecule has 0 saturated heterocycles. The molecule has 1 heterocycles. The first-order valence-electron chi connectivity index (χ1n) is 8.44. The second-order valence-corrected chi connectivity index (χ2v) is 9.32. The Bertz CT molecular complexity index is 904. The first kappa shape index (κ1) is 19.0. The predicted molar refractivity (Wildman–Crippen MR) is 104 cm³/mol. The van der Waals surface area contributed by atoms with Crippen LogP contribution in [-0.4, -0.2) is 31.8 Å². The summed E-state index contributed by atoms with van der Waals surface area (Å²) in [4.78, 5) is 16.0. The first-order valence-corrected chi connectivity index (χ1v) is 10.9. The van der Waals surface area contributed by atoms with Crippen LogP contribution < -0.4 is 10.5 Å². The number of hydrogen-bond donors (Lipinski definition) is 2. The maximum absolute atomic E-state index is 12.6. The van der Waals surface area contributed by atoms with Crippen molar-refractivity contribution in [2.75, 3.05) is 11.9 Å². The number of benzene rings is 1. The molecule has 1 aliphatic rings. The summed E-state index contributed by atoms with van der Waals surface area (Å²) in [6, 6.07) is 7.47. The lowest BCUT2D eigenvalue weighted by Gasteiger charge is -2.21. The van der Waals surface area contributed by atoms with Gasteiger partial charge in [-0.3, -0.25) is 9.69 Å². The zero-order valence-electron chi connectivity index (χ0n) is 14.9. The Labute approximate surface area is 158 Å². The average Bonchev–Trinajstić information content (AvgIpc) is 3.28. The molecule has 0 unspecified atom stereocenters. The minimum Gasteiger partial charge on any atom is -0.325 e. The molecule has 140 valence electrons. The number of sulfonamides is 1. The number of anilines is 1. The number of amides is 1. The fourth-order valence-electron chi connectivity index (χ4n) is 2.85. The lowest BCUT2D eigenvalue weighted by atomic mass is 10.1. The van der Waals surface area contributed by atoms with Crippen molar-refractivity contribution in [1.82, 2.24) is 4.90 Å². The Balaban J connectivity index is 1.73. The van der Waals surface area contributed by atoms with Gasteiger partial charge in [0.2, 0.25) is 15.9 Å². The molecule has 2 aromatic rings. The third-order valence-electron chi connectivity index (χ3n) is 4.59. The minimum atomic E-state index is -3.82. The Morgan fingerprint density at radius 1 is 1.35 bits per heavy atom. The van der Waals surface area contributed by atoms with Crippen LogP contribution in [0.15, 0.2) is 34.5 Å². The first-order chi connectivity index (χ1) is 12.2. The molecule has 0 aliphatic heterocycles. The standard InChI is InChI=1S/C18H23N3O3S2/c1-12-8-16(26(19,23)24)9-17(13(12)2)20-18(22)11-21(14-5-6-14)10-15-4-3-7-25-15/h3-4,7-9,14H,5-6,10-11H2,1-2H3,(H,20,22)(H2,19,23,24). The summed E-state index contributed by atoms with van der Waals surface area (Å²) >= 11 is 1.68. The molecule has 1 amide bonds. The van der Waals surface area contributed by atoms with E-state index in [1.165, 1.54) is 17.0 Å². The summed E-state index contributed by atoms with van der Waals surface area (Å²) in [5, 5.41) is 10.1. The van der Waals surface area contributed by atoms with Gasteiger partial charge in [0.15, 0.2) is 0 Å². The zero-order valence-corrected chi connectivity index (χ0v) is 16.5. The largest absolute Gasteiger partial charge is 0.325 e. The molecule has 3 rings (SSSR count). The molecule has 8 heteroatoms. The van der Waals surface area contributed by atoms with E-state index in [0.717, 1.165) is 30.5 Å². The van der Waals surface area contributed by atoms with Gasteiger partial charge in [-0.2, -0.15) is 0 Å². The number of rotatable bonds is 7. The van der Waals surface area contributed by atoms with Crippen LogP contribution in [0.3, 0.4) is 0 Å². The van der Waals surface area contributed by atoms with E-state index in [2.05, 4.69) is 16.3 Å². The number of primary sulfonamides is 1. The molecule has 1 aromatic carbocycles. The molecule has 1 fully saturated rings. The second-order valence-electron chi connectivity index (χ2n) is 6.72. The normalized spacial score (nSPS) is 14.6. The van der Waals surface area contributed by atoms with Crippen molar-refractivity contribution in [3.63, 3.8) is 0 Å². The molecule has 3 N–H and O–H groups in total. The highest BCUT2D eigenvalue weighted by Gasteiger charge is 2.30. The van der Waals surface area contributed by atoms with Crippen LogP contribution in [0.4, 0.5) is 5.69 Å². The zero-order chi connectivity index (χ0) is 18.9. The summed E-state index contributed by atoms with van der Waals surface area (Å²) in [7, 11) is -3.82. The smallest absolute Gasteiger partial charge is 0.238 e. The SMILES string of the molecule is Cc1cc(S(N)(=O)=O)cc(NC(=O)CN(Cc2cccs2)C2CC2)c1C. The number of hydrogen-bond acceptors (Lipinski definition) is 5. The van der Waals surface area contributed by atoms with Crippen LogP contribution in [0.25, 0.3) is 0 Å². The van der Waals surface area contributed by atoms with Crippen molar-refractivity contribution in [3.8, 4) is 0 Å². The number of carbonyl (C=O) groups excluding carboxylic acids is 1. The quantitative estimate of drug-likeness (QED) is 0.756. The molecule has 0 atom stereocenters. The fourth-order valence-corrected chi connectivity index (χ4v) is 4.20. The van der Waals surface area contributed by atoms with E-state index in [-0.39, 0.29) is 17.3 Å². The van der Waals surface area contributed by atoms with E-state index in [4.69, 9.17) is 5.14 Å². The van der Waals surface area contributed by atoms with E-state index >= 15 is 0 Å². The van der Waals surface area contributed by atoms with Gasteiger partial charge >= 0.3 is 0 Å². The summed E-state index contributed by atoms with van der Waals surface area (Å²) in [6.07, 6.45) is 2.22. The lowest BCUT2D eigenvalue weighted by Crippen LogP contribution is -2.34. The molecular weight excluding hydrogens is 370 g/mol. The topological polar surface area (TPSA) is 92.5 Å². The van der Waals surface area contributed by atoms with Crippen LogP contribution in [0.2, 0.25) is 0 Å². The molecule has 1 saturated carbocycles. The number of nitrogens with zero attached hydrogens (tertiary/aromatic N) is 1. The molecule has 1 aromatic heterocycles. The highest BCUT2D eigenvalue weighted by molar-refractivity contribution is 7.89. The van der Waals surface area contributed by atoms with Gasteiger partial charge in [0.05, 0.1) is 11.4 Å². The van der Waals surface area contributed by atoms with Gasteiger partial charge in [0, 0.05) is 23.2 Å². The summed E-state index contributed by atoms with van der Waals surface area (Å²) in [6.45, 7) is 4.68. The predicted octanol–water partition coefficient (Wildman–Crippen LogP) is 2.62. The molecule has 1 aliphatic carbocycles. The van der Waals surface area contributed by atoms with Crippen molar-refractivity contribution in [2.45, 2.75) is 44.2 Å². The Morgan fingerprint density at radius 2 is 2.08 bits per heavy atom. The maximum atomic E-state index is 12.6. The van der Waals surface area contributed by atoms with Crippen LogP contribution in [0.1, 0.15) is 28.8 Å². The van der Waals surface area contributed by atoms with Crippen molar-refractivity contribution >= 4 is 33.0 Å². The summed E-state index contributed by atoms with van der Waals surface area (Å²) in [5.74, 6) is -0.150. The van der Waals surface area contributed by atoms with E-state index in [0.29, 0.717) is 11.7 Å². The highest BCUT2D eigenvalue weighted by Crippen LogP contribution is 2.29. The van der Waals surface area contributed by atoms with Gasteiger partial charge in [0.25, 0.3) is 0 Å². The number of carbonyl (C=O) groups is 1. The van der Waals surface area contributed by atoms with E-state index in [1.54, 1.807) is 18.3 Å². The van der Waals surface area contributed by atoms with Crippen LogP contribution in [0.5, 0.6) is 0 Å². The number of thiophene rings is 1. The van der Waals surface area contributed by atoms with Crippen LogP contribution in [0, 0.1) is 13.8 Å². The monoisotopic (exact) mass is 393 g/mol. The van der Waals surface area contributed by atoms with Crippen LogP contribution >= 0.6 is 11.3 Å². The van der Waals surface area contributed by atoms with Gasteiger partial charge in [-0.15, -0.1) is 11.3 Å². The molecule has 0 spiro atoms. The van der Waals surface area contributed by atoms with E-state index in [9.17, 15) is 13.2 Å². The van der Waals surface area contributed by atoms with E-state index < -0.39 is 10.0 Å². The number of nitrogens with two attached hydrogens (primary N) is 1. The van der Waals surface area contributed by atoms with E-state index in [1.807, 2.05) is 18.4 Å². The van der Waals surface area contributed by atoms with Gasteiger partial charge in [-0.05, 0) is 61.4 Å². The molecular formula is C18H23N3O3S2. The highest BCUT2D eigenvalue weighted by atomic mass is 32.2. The molecule has 0 bridgehead atoms. The Kier molecular flexibility index (Phi) is 5.47. The van der Waals surface area contributed by atoms with Crippen LogP contribution in [-0.2, 0) is 21.4 Å². The third-order valence-corrected chi connectivity index (χ3v) is 6.35. The average molecular weight is 394 g/mol. The maximum Gasteiger partial charge on any atom is 0.238 e. The summed E-state index contributed by atoms with van der Waals surface area (Å²) < 4.78 is 23.3. The van der Waals surface area contributed by atoms with Crippen molar-refractivity contribution in [3.05, 3.63) is 45.6 Å². The molecule has 0 radical (unpaired) electrons. The number of nitrogens with one attached hydrogen (secondary N) is 1. The third kappa shape index (κ3) is 4.70. The second kappa shape index (κ2) is 7.48. The molecule has 6 nitrogen and oxygen atoms in total. The Morgan fingerprint density at radius 3 is 2.65 bits per heavy atom. The van der Waals surface area contributed by atoms with Gasteiger partial charge < -0.3 is 5.32 Å². The number of aryl methyl sites for hydroxylation is 1. The Hall–Kier alpha value is -1.74. The lowest BCUT2D eigenvalue weighted by molar-refractivity contribution is -0.117. The van der Waals surface area contributed by atoms with Crippen molar-refractivity contribution in [2.24, 2.45) is 5.14 Å². The van der Waals surface area contributed by atoms with Gasteiger partial charge in [-0.1, -0.05) is 6.07 Å². The van der Waals surface area contributed by atoms with Crippen molar-refractivity contribution in [1.29, 1.82) is 0 Å². The van der Waals surface area contributed by atoms with Gasteiger partial charge in [-0.25, -0.2) is 13.6 Å². The summed E-state index contributed by atoms with van der Waals surface area (Å²) in [5.41, 5.74) is 2.09. The van der Waals surface area contributed by atoms with Gasteiger partial charge in [0.1, 0.15) is 0 Å². The molecule has 26 heavy (non-hydrogen) atoms. The minimum absolute atomic E-state index is 0.00790. The van der Waals surface area contributed by atoms with Crippen molar-refractivity contribution < 1.29 is 13.2 Å².